The standard InChI is InChI=1S/C23H32N2O4S/c1-6-12-30-16-10-8-15(9-11-16)19-17-18(21(27)25(7-2)20(17)26)23(24-19,13-14(3)4)22(28)29-5/h8-11,14,17-19,24H,6-7,12-13H2,1-5H3/t17?,18?,19?,23-/m1/s1. The number of fused-ring (bicyclic) bond motifs is 1. The van der Waals surface area contributed by atoms with Gasteiger partial charge in [-0.05, 0) is 49.1 Å². The predicted molar refractivity (Wildman–Crippen MR) is 117 cm³/mol. The van der Waals surface area contributed by atoms with Gasteiger partial charge >= 0.3 is 5.97 Å². The van der Waals surface area contributed by atoms with Gasteiger partial charge < -0.3 is 4.74 Å². The summed E-state index contributed by atoms with van der Waals surface area (Å²) in [5, 5.41) is 3.42. The lowest BCUT2D eigenvalue weighted by atomic mass is 9.75. The number of methoxy groups -OCH3 is 1. The maximum Gasteiger partial charge on any atom is 0.326 e. The molecule has 2 heterocycles. The second-order valence-electron chi connectivity index (χ2n) is 8.52. The summed E-state index contributed by atoms with van der Waals surface area (Å²) in [6.45, 7) is 8.26. The summed E-state index contributed by atoms with van der Waals surface area (Å²) in [6, 6.07) is 7.69. The van der Waals surface area contributed by atoms with Gasteiger partial charge in [0.25, 0.3) is 0 Å². The van der Waals surface area contributed by atoms with Crippen LogP contribution in [0.3, 0.4) is 0 Å². The molecule has 1 N–H and O–H groups in total. The molecule has 6 nitrogen and oxygen atoms in total. The van der Waals surface area contributed by atoms with Crippen molar-refractivity contribution in [3.8, 4) is 0 Å². The molecule has 7 heteroatoms. The van der Waals surface area contributed by atoms with Crippen LogP contribution in [0.25, 0.3) is 0 Å². The Morgan fingerprint density at radius 3 is 2.40 bits per heavy atom. The third-order valence-corrected chi connectivity index (χ3v) is 7.27. The van der Waals surface area contributed by atoms with Crippen LogP contribution in [-0.4, -0.2) is 47.6 Å². The zero-order valence-corrected chi connectivity index (χ0v) is 19.3. The minimum atomic E-state index is -1.20. The van der Waals surface area contributed by atoms with E-state index in [2.05, 4.69) is 12.2 Å². The van der Waals surface area contributed by atoms with Crippen molar-refractivity contribution in [1.29, 1.82) is 0 Å². The first-order valence-corrected chi connectivity index (χ1v) is 11.7. The molecule has 1 aromatic rings. The van der Waals surface area contributed by atoms with Crippen molar-refractivity contribution in [2.45, 2.75) is 57.0 Å². The highest BCUT2D eigenvalue weighted by atomic mass is 32.2. The van der Waals surface area contributed by atoms with E-state index in [9.17, 15) is 14.4 Å². The highest BCUT2D eigenvalue weighted by Gasteiger charge is 2.68. The third-order valence-electron chi connectivity index (χ3n) is 6.05. The molecule has 164 valence electrons. The number of nitrogens with one attached hydrogen (secondary N) is 1. The predicted octanol–water partition coefficient (Wildman–Crippen LogP) is 3.41. The van der Waals surface area contributed by atoms with Gasteiger partial charge in [-0.15, -0.1) is 11.8 Å². The number of benzene rings is 1. The van der Waals surface area contributed by atoms with Crippen molar-refractivity contribution in [3.05, 3.63) is 29.8 Å². The molecule has 0 saturated carbocycles. The Bertz CT molecular complexity index is 810. The lowest BCUT2D eigenvalue weighted by molar-refractivity contribution is -0.155. The molecule has 1 aromatic carbocycles. The summed E-state index contributed by atoms with van der Waals surface area (Å²) in [5.41, 5.74) is -0.288. The molecule has 0 aromatic heterocycles. The topological polar surface area (TPSA) is 75.7 Å². The molecule has 3 unspecified atom stereocenters. The van der Waals surface area contributed by atoms with Crippen LogP contribution in [0.5, 0.6) is 0 Å². The molecule has 0 aliphatic carbocycles. The zero-order valence-electron chi connectivity index (χ0n) is 18.4. The molecule has 3 rings (SSSR count). The largest absolute Gasteiger partial charge is 0.468 e. The molecule has 2 aliphatic heterocycles. The molecule has 0 bridgehead atoms. The molecule has 2 aliphatic rings. The Hall–Kier alpha value is -1.86. The van der Waals surface area contributed by atoms with Gasteiger partial charge in [0.05, 0.1) is 18.9 Å². The number of thioether (sulfide) groups is 1. The first kappa shape index (κ1) is 22.8. The Morgan fingerprint density at radius 2 is 1.87 bits per heavy atom. The number of nitrogens with zero attached hydrogens (tertiary/aromatic N) is 1. The fourth-order valence-electron chi connectivity index (χ4n) is 4.94. The number of hydrogen-bond acceptors (Lipinski definition) is 6. The summed E-state index contributed by atoms with van der Waals surface area (Å²) in [6.07, 6.45) is 1.53. The van der Waals surface area contributed by atoms with Gasteiger partial charge in [-0.2, -0.15) is 0 Å². The van der Waals surface area contributed by atoms with Crippen molar-refractivity contribution < 1.29 is 19.1 Å². The van der Waals surface area contributed by atoms with Gasteiger partial charge in [0, 0.05) is 17.5 Å². The van der Waals surface area contributed by atoms with Gasteiger partial charge in [0.2, 0.25) is 11.8 Å². The summed E-state index contributed by atoms with van der Waals surface area (Å²) in [7, 11) is 1.34. The minimum Gasteiger partial charge on any atom is -0.468 e. The van der Waals surface area contributed by atoms with Crippen LogP contribution >= 0.6 is 11.8 Å². The molecular formula is C23H32N2O4S. The highest BCUT2D eigenvalue weighted by molar-refractivity contribution is 7.99. The van der Waals surface area contributed by atoms with Crippen molar-refractivity contribution in [3.63, 3.8) is 0 Å². The lowest BCUT2D eigenvalue weighted by Gasteiger charge is -2.33. The van der Waals surface area contributed by atoms with E-state index in [0.717, 1.165) is 17.7 Å². The first-order valence-electron chi connectivity index (χ1n) is 10.7. The number of rotatable bonds is 8. The average molecular weight is 433 g/mol. The van der Waals surface area contributed by atoms with E-state index in [1.807, 2.05) is 38.1 Å². The second kappa shape index (κ2) is 9.10. The fourth-order valence-corrected chi connectivity index (χ4v) is 5.71. The monoisotopic (exact) mass is 432 g/mol. The van der Waals surface area contributed by atoms with Crippen molar-refractivity contribution in [1.82, 2.24) is 10.2 Å². The van der Waals surface area contributed by atoms with Gasteiger partial charge in [-0.25, -0.2) is 0 Å². The van der Waals surface area contributed by atoms with E-state index in [4.69, 9.17) is 4.74 Å². The molecule has 2 fully saturated rings. The Balaban J connectivity index is 2.05. The SMILES string of the molecule is CCCSc1ccc(C2N[C@@](CC(C)C)(C(=O)OC)C3C(=O)N(CC)C(=O)C23)cc1. The Labute approximate surface area is 183 Å². The number of hydrogen-bond donors (Lipinski definition) is 1. The van der Waals surface area contributed by atoms with Gasteiger partial charge in [-0.3, -0.25) is 24.6 Å². The number of carbonyl (C=O) groups excluding carboxylic acids is 3. The van der Waals surface area contributed by atoms with Crippen molar-refractivity contribution in [2.24, 2.45) is 17.8 Å². The van der Waals surface area contributed by atoms with Crippen LogP contribution in [0, 0.1) is 17.8 Å². The van der Waals surface area contributed by atoms with Gasteiger partial charge in [-0.1, -0.05) is 32.9 Å². The number of likely N-dealkylation sites (tertiary alicyclic amines) is 1. The Kier molecular flexibility index (Phi) is 6.92. The van der Waals surface area contributed by atoms with Crippen molar-refractivity contribution in [2.75, 3.05) is 19.4 Å². The first-order chi connectivity index (χ1) is 14.3. The van der Waals surface area contributed by atoms with E-state index in [0.29, 0.717) is 13.0 Å². The summed E-state index contributed by atoms with van der Waals surface area (Å²) < 4.78 is 5.16. The number of esters is 1. The number of carbonyl (C=O) groups is 3. The number of amides is 2. The summed E-state index contributed by atoms with van der Waals surface area (Å²) in [4.78, 5) is 42.0. The molecule has 4 atom stereocenters. The molecular weight excluding hydrogens is 400 g/mol. The van der Waals surface area contributed by atoms with Crippen LogP contribution in [0.2, 0.25) is 0 Å². The van der Waals surface area contributed by atoms with Crippen LogP contribution in [-0.2, 0) is 19.1 Å². The normalized spacial score (nSPS) is 28.3. The molecule has 0 radical (unpaired) electrons. The van der Waals surface area contributed by atoms with E-state index in [1.54, 1.807) is 18.7 Å². The smallest absolute Gasteiger partial charge is 0.326 e. The van der Waals surface area contributed by atoms with Gasteiger partial charge in [0.1, 0.15) is 5.54 Å². The number of imide groups is 1. The average Bonchev–Trinajstić information content (AvgIpc) is 3.20. The molecule has 2 saturated heterocycles. The van der Waals surface area contributed by atoms with Crippen LogP contribution in [0.1, 0.15) is 52.1 Å². The third kappa shape index (κ3) is 3.78. The van der Waals surface area contributed by atoms with Crippen molar-refractivity contribution >= 4 is 29.5 Å². The van der Waals surface area contributed by atoms with E-state index < -0.39 is 29.4 Å². The van der Waals surface area contributed by atoms with E-state index >= 15 is 0 Å². The lowest BCUT2D eigenvalue weighted by Crippen LogP contribution is -2.57. The summed E-state index contributed by atoms with van der Waals surface area (Å²) >= 11 is 1.79. The highest BCUT2D eigenvalue weighted by Crippen LogP contribution is 2.51. The van der Waals surface area contributed by atoms with Crippen LogP contribution < -0.4 is 5.32 Å². The van der Waals surface area contributed by atoms with Crippen LogP contribution in [0.4, 0.5) is 0 Å². The maximum atomic E-state index is 13.2. The fraction of sp³-hybridized carbons (Fsp3) is 0.609. The molecule has 2 amide bonds. The van der Waals surface area contributed by atoms with E-state index in [1.165, 1.54) is 16.9 Å². The maximum absolute atomic E-state index is 13.2. The minimum absolute atomic E-state index is 0.141. The Morgan fingerprint density at radius 1 is 1.20 bits per heavy atom. The molecule has 0 spiro atoms. The summed E-state index contributed by atoms with van der Waals surface area (Å²) in [5.74, 6) is -1.12. The second-order valence-corrected chi connectivity index (χ2v) is 9.69. The van der Waals surface area contributed by atoms with Gasteiger partial charge in [0.15, 0.2) is 0 Å². The zero-order chi connectivity index (χ0) is 22.1. The molecule has 30 heavy (non-hydrogen) atoms. The van der Waals surface area contributed by atoms with E-state index in [-0.39, 0.29) is 17.7 Å². The van der Waals surface area contributed by atoms with Crippen LogP contribution in [0.15, 0.2) is 29.2 Å². The quantitative estimate of drug-likeness (QED) is 0.385. The number of ether oxygens (including phenoxy) is 1.